The SMILES string of the molecule is CCOc1cc(C)ccc1OCc1nnc(SCC(=O)Nc2cccc(C(=O)OC(C)C)c2)n1C. The molecule has 0 unspecified atom stereocenters. The number of ether oxygens (including phenoxy) is 3. The quantitative estimate of drug-likeness (QED) is 0.306. The third-order valence-corrected chi connectivity index (χ3v) is 5.76. The molecule has 9 nitrogen and oxygen atoms in total. The van der Waals surface area contributed by atoms with Gasteiger partial charge in [0, 0.05) is 12.7 Å². The van der Waals surface area contributed by atoms with Crippen LogP contribution in [0.5, 0.6) is 11.5 Å². The number of esters is 1. The summed E-state index contributed by atoms with van der Waals surface area (Å²) in [6.07, 6.45) is -0.220. The first-order valence-electron chi connectivity index (χ1n) is 11.2. The van der Waals surface area contributed by atoms with Gasteiger partial charge in [0.15, 0.2) is 22.5 Å². The second-order valence-electron chi connectivity index (χ2n) is 8.00. The molecule has 1 heterocycles. The van der Waals surface area contributed by atoms with Crippen LogP contribution >= 0.6 is 11.8 Å². The Kier molecular flexibility index (Phi) is 9.13. The van der Waals surface area contributed by atoms with Crippen molar-refractivity contribution in [3.8, 4) is 11.5 Å². The summed E-state index contributed by atoms with van der Waals surface area (Å²) in [6, 6.07) is 12.4. The minimum Gasteiger partial charge on any atom is -0.490 e. The molecule has 1 aromatic heterocycles. The van der Waals surface area contributed by atoms with Crippen LogP contribution in [-0.2, 0) is 23.2 Å². The van der Waals surface area contributed by atoms with E-state index in [1.807, 2.05) is 39.1 Å². The number of aryl methyl sites for hydroxylation is 1. The lowest BCUT2D eigenvalue weighted by Crippen LogP contribution is -2.16. The minimum atomic E-state index is -0.432. The zero-order valence-corrected chi connectivity index (χ0v) is 21.3. The van der Waals surface area contributed by atoms with Gasteiger partial charge in [-0.1, -0.05) is 23.9 Å². The van der Waals surface area contributed by atoms with Crippen molar-refractivity contribution >= 4 is 29.3 Å². The molecule has 0 spiro atoms. The molecular weight excluding hydrogens is 468 g/mol. The van der Waals surface area contributed by atoms with E-state index < -0.39 is 5.97 Å². The van der Waals surface area contributed by atoms with E-state index >= 15 is 0 Å². The van der Waals surface area contributed by atoms with Crippen LogP contribution in [0.1, 0.15) is 42.5 Å². The van der Waals surface area contributed by atoms with Crippen molar-refractivity contribution in [2.45, 2.75) is 45.6 Å². The number of carbonyl (C=O) groups is 2. The molecule has 0 aliphatic heterocycles. The molecule has 1 amide bonds. The Morgan fingerprint density at radius 1 is 1.09 bits per heavy atom. The monoisotopic (exact) mass is 498 g/mol. The summed E-state index contributed by atoms with van der Waals surface area (Å²) >= 11 is 1.25. The summed E-state index contributed by atoms with van der Waals surface area (Å²) < 4.78 is 18.5. The Labute approximate surface area is 209 Å². The second-order valence-corrected chi connectivity index (χ2v) is 8.94. The number of amides is 1. The van der Waals surface area contributed by atoms with Crippen LogP contribution in [0.15, 0.2) is 47.6 Å². The van der Waals surface area contributed by atoms with E-state index in [4.69, 9.17) is 14.2 Å². The zero-order chi connectivity index (χ0) is 25.4. The van der Waals surface area contributed by atoms with Crippen LogP contribution in [0.4, 0.5) is 5.69 Å². The molecule has 0 saturated carbocycles. The molecule has 0 bridgehead atoms. The Bertz CT molecular complexity index is 1180. The van der Waals surface area contributed by atoms with Gasteiger partial charge in [-0.05, 0) is 63.6 Å². The molecule has 35 heavy (non-hydrogen) atoms. The molecule has 0 aliphatic carbocycles. The number of nitrogens with one attached hydrogen (secondary N) is 1. The van der Waals surface area contributed by atoms with Crippen molar-refractivity contribution in [1.29, 1.82) is 0 Å². The van der Waals surface area contributed by atoms with E-state index in [0.29, 0.717) is 40.3 Å². The van der Waals surface area contributed by atoms with E-state index in [1.54, 1.807) is 42.7 Å². The van der Waals surface area contributed by atoms with Crippen molar-refractivity contribution in [2.24, 2.45) is 7.05 Å². The predicted molar refractivity (Wildman–Crippen MR) is 134 cm³/mol. The normalized spacial score (nSPS) is 10.8. The van der Waals surface area contributed by atoms with E-state index in [2.05, 4.69) is 15.5 Å². The fourth-order valence-corrected chi connectivity index (χ4v) is 3.80. The highest BCUT2D eigenvalue weighted by Crippen LogP contribution is 2.29. The number of nitrogens with zero attached hydrogens (tertiary/aromatic N) is 3. The molecule has 10 heteroatoms. The lowest BCUT2D eigenvalue weighted by atomic mass is 10.2. The molecule has 0 radical (unpaired) electrons. The number of benzene rings is 2. The largest absolute Gasteiger partial charge is 0.490 e. The molecule has 1 N–H and O–H groups in total. The number of aromatic nitrogens is 3. The molecule has 2 aromatic carbocycles. The molecule has 0 atom stereocenters. The lowest BCUT2D eigenvalue weighted by molar-refractivity contribution is -0.113. The van der Waals surface area contributed by atoms with Crippen LogP contribution in [0.3, 0.4) is 0 Å². The van der Waals surface area contributed by atoms with Gasteiger partial charge in [0.25, 0.3) is 0 Å². The van der Waals surface area contributed by atoms with Gasteiger partial charge < -0.3 is 24.1 Å². The van der Waals surface area contributed by atoms with Gasteiger partial charge in [0.1, 0.15) is 6.61 Å². The maximum atomic E-state index is 12.5. The first kappa shape index (κ1) is 26.1. The first-order chi connectivity index (χ1) is 16.8. The number of carbonyl (C=O) groups excluding carboxylic acids is 2. The Hall–Kier alpha value is -3.53. The maximum absolute atomic E-state index is 12.5. The highest BCUT2D eigenvalue weighted by molar-refractivity contribution is 7.99. The van der Waals surface area contributed by atoms with Crippen molar-refractivity contribution in [3.05, 3.63) is 59.4 Å². The molecule has 3 aromatic rings. The summed E-state index contributed by atoms with van der Waals surface area (Å²) in [5.74, 6) is 1.40. The van der Waals surface area contributed by atoms with Crippen LogP contribution in [0, 0.1) is 6.92 Å². The third kappa shape index (κ3) is 7.48. The predicted octanol–water partition coefficient (Wildman–Crippen LogP) is 4.40. The summed E-state index contributed by atoms with van der Waals surface area (Å²) in [7, 11) is 1.82. The zero-order valence-electron chi connectivity index (χ0n) is 20.5. The topological polar surface area (TPSA) is 105 Å². The molecular formula is C25H30N4O5S. The van der Waals surface area contributed by atoms with Gasteiger partial charge in [-0.2, -0.15) is 0 Å². The van der Waals surface area contributed by atoms with E-state index in [-0.39, 0.29) is 24.4 Å². The van der Waals surface area contributed by atoms with Gasteiger partial charge in [-0.15, -0.1) is 10.2 Å². The van der Waals surface area contributed by atoms with Crippen LogP contribution in [0.25, 0.3) is 0 Å². The third-order valence-electron chi connectivity index (χ3n) is 4.74. The average Bonchev–Trinajstić information content (AvgIpc) is 3.16. The van der Waals surface area contributed by atoms with Gasteiger partial charge in [0.2, 0.25) is 5.91 Å². The number of hydrogen-bond donors (Lipinski definition) is 1. The summed E-state index contributed by atoms with van der Waals surface area (Å²) in [6.45, 7) is 8.23. The molecule has 0 fully saturated rings. The molecule has 186 valence electrons. The first-order valence-corrected chi connectivity index (χ1v) is 12.2. The Morgan fingerprint density at radius 3 is 2.63 bits per heavy atom. The fraction of sp³-hybridized carbons (Fsp3) is 0.360. The summed E-state index contributed by atoms with van der Waals surface area (Å²) in [4.78, 5) is 24.5. The van der Waals surface area contributed by atoms with Crippen molar-refractivity contribution in [3.63, 3.8) is 0 Å². The smallest absolute Gasteiger partial charge is 0.338 e. The van der Waals surface area contributed by atoms with E-state index in [0.717, 1.165) is 5.56 Å². The highest BCUT2D eigenvalue weighted by atomic mass is 32.2. The Morgan fingerprint density at radius 2 is 1.89 bits per heavy atom. The Balaban J connectivity index is 1.55. The number of anilines is 1. The van der Waals surface area contributed by atoms with E-state index in [1.165, 1.54) is 11.8 Å². The summed E-state index contributed by atoms with van der Waals surface area (Å²) in [5.41, 5.74) is 1.98. The maximum Gasteiger partial charge on any atom is 0.338 e. The fourth-order valence-electron chi connectivity index (χ4n) is 3.07. The van der Waals surface area contributed by atoms with Crippen LogP contribution in [0.2, 0.25) is 0 Å². The average molecular weight is 499 g/mol. The van der Waals surface area contributed by atoms with Gasteiger partial charge in [0.05, 0.1) is 24.0 Å². The van der Waals surface area contributed by atoms with Crippen LogP contribution < -0.4 is 14.8 Å². The number of thioether (sulfide) groups is 1. The van der Waals surface area contributed by atoms with E-state index in [9.17, 15) is 9.59 Å². The summed E-state index contributed by atoms with van der Waals surface area (Å²) in [5, 5.41) is 11.7. The lowest BCUT2D eigenvalue weighted by Gasteiger charge is -2.12. The standard InChI is InChI=1S/C25H30N4O5S/c1-6-32-21-12-17(4)10-11-20(21)33-14-22-27-28-25(29(22)5)35-15-23(30)26-19-9-7-8-18(13-19)24(31)34-16(2)3/h7-13,16H,6,14-15H2,1-5H3,(H,26,30). The number of rotatable bonds is 11. The minimum absolute atomic E-state index is 0.125. The van der Waals surface area contributed by atoms with Crippen molar-refractivity contribution in [1.82, 2.24) is 14.8 Å². The van der Waals surface area contributed by atoms with Crippen molar-refractivity contribution in [2.75, 3.05) is 17.7 Å². The molecule has 0 aliphatic rings. The number of hydrogen-bond acceptors (Lipinski definition) is 8. The van der Waals surface area contributed by atoms with Gasteiger partial charge in [-0.25, -0.2) is 4.79 Å². The van der Waals surface area contributed by atoms with Gasteiger partial charge >= 0.3 is 5.97 Å². The molecule has 0 saturated heterocycles. The van der Waals surface area contributed by atoms with Gasteiger partial charge in [-0.3, -0.25) is 4.79 Å². The van der Waals surface area contributed by atoms with Crippen molar-refractivity contribution < 1.29 is 23.8 Å². The molecule has 3 rings (SSSR count). The highest BCUT2D eigenvalue weighted by Gasteiger charge is 2.15. The second kappa shape index (κ2) is 12.3. The van der Waals surface area contributed by atoms with Crippen LogP contribution in [-0.4, -0.2) is 45.1 Å².